The minimum absolute atomic E-state index is 0.0450. The minimum Gasteiger partial charge on any atom is -0.481 e. The Morgan fingerprint density at radius 2 is 1.65 bits per heavy atom. The summed E-state index contributed by atoms with van der Waals surface area (Å²) in [6, 6.07) is 0. The molecule has 0 saturated carbocycles. The Labute approximate surface area is 123 Å². The van der Waals surface area contributed by atoms with Crippen molar-refractivity contribution in [2.45, 2.75) is 72.6 Å². The van der Waals surface area contributed by atoms with E-state index >= 15 is 0 Å². The second-order valence-corrected chi connectivity index (χ2v) is 6.37. The number of hydrogen-bond donors (Lipinski definition) is 2. The molecule has 0 fully saturated rings. The number of carboxylic acid groups (broad SMARTS) is 1. The number of carboxylic acids is 1. The van der Waals surface area contributed by atoms with E-state index in [0.717, 1.165) is 32.1 Å². The van der Waals surface area contributed by atoms with E-state index < -0.39 is 5.97 Å². The smallest absolute Gasteiger partial charge is 0.303 e. The van der Waals surface area contributed by atoms with Crippen LogP contribution in [0.2, 0.25) is 0 Å². The Bertz CT molecular complexity index is 294. The van der Waals surface area contributed by atoms with Gasteiger partial charge in [0.15, 0.2) is 0 Å². The highest BCUT2D eigenvalue weighted by atomic mass is 16.4. The third-order valence-electron chi connectivity index (χ3n) is 3.76. The van der Waals surface area contributed by atoms with Crippen LogP contribution in [0.25, 0.3) is 0 Å². The molecule has 0 unspecified atom stereocenters. The molecule has 0 aliphatic carbocycles. The molecule has 1 amide bonds. The van der Waals surface area contributed by atoms with Gasteiger partial charge in [0.25, 0.3) is 0 Å². The van der Waals surface area contributed by atoms with Gasteiger partial charge in [-0.25, -0.2) is 0 Å². The summed E-state index contributed by atoms with van der Waals surface area (Å²) < 4.78 is 0. The van der Waals surface area contributed by atoms with E-state index in [4.69, 9.17) is 5.11 Å². The molecule has 0 rings (SSSR count). The molecule has 4 nitrogen and oxygen atoms in total. The molecule has 0 aliphatic rings. The summed E-state index contributed by atoms with van der Waals surface area (Å²) in [4.78, 5) is 22.7. The standard InChI is InChI=1S/C16H31NO3/c1-5-7-13(8-6-2)15(20)17-12-11-16(3,4)10-9-14(18)19/h13H,5-12H2,1-4H3,(H,17,20)(H,18,19). The Balaban J connectivity index is 4.07. The van der Waals surface area contributed by atoms with Gasteiger partial charge in [0.2, 0.25) is 5.91 Å². The molecule has 0 aromatic heterocycles. The predicted molar refractivity (Wildman–Crippen MR) is 81.6 cm³/mol. The van der Waals surface area contributed by atoms with Crippen molar-refractivity contribution in [3.05, 3.63) is 0 Å². The Morgan fingerprint density at radius 3 is 2.10 bits per heavy atom. The normalized spacial score (nSPS) is 11.7. The van der Waals surface area contributed by atoms with Crippen molar-refractivity contribution in [1.82, 2.24) is 5.32 Å². The first kappa shape index (κ1) is 18.9. The van der Waals surface area contributed by atoms with Gasteiger partial charge in [-0.15, -0.1) is 0 Å². The van der Waals surface area contributed by atoms with Crippen molar-refractivity contribution in [2.75, 3.05) is 6.54 Å². The van der Waals surface area contributed by atoms with E-state index in [1.54, 1.807) is 0 Å². The number of amides is 1. The molecule has 0 bridgehead atoms. The minimum atomic E-state index is -0.756. The van der Waals surface area contributed by atoms with Crippen molar-refractivity contribution in [3.63, 3.8) is 0 Å². The van der Waals surface area contributed by atoms with Crippen LogP contribution in [0.5, 0.6) is 0 Å². The SMILES string of the molecule is CCCC(CCC)C(=O)NCCC(C)(C)CCC(=O)O. The van der Waals surface area contributed by atoms with E-state index in [1.165, 1.54) is 0 Å². The van der Waals surface area contributed by atoms with Gasteiger partial charge in [0, 0.05) is 18.9 Å². The fourth-order valence-electron chi connectivity index (χ4n) is 2.34. The molecular formula is C16H31NO3. The first-order valence-corrected chi connectivity index (χ1v) is 7.82. The van der Waals surface area contributed by atoms with Crippen molar-refractivity contribution in [3.8, 4) is 0 Å². The quantitative estimate of drug-likeness (QED) is 0.609. The summed E-state index contributed by atoms with van der Waals surface area (Å²) >= 11 is 0. The van der Waals surface area contributed by atoms with Crippen LogP contribution in [-0.2, 0) is 9.59 Å². The summed E-state index contributed by atoms with van der Waals surface area (Å²) in [5.41, 5.74) is -0.0450. The average molecular weight is 285 g/mol. The molecule has 20 heavy (non-hydrogen) atoms. The van der Waals surface area contributed by atoms with Crippen LogP contribution in [0.15, 0.2) is 0 Å². The van der Waals surface area contributed by atoms with Crippen LogP contribution >= 0.6 is 0 Å². The fraction of sp³-hybridized carbons (Fsp3) is 0.875. The van der Waals surface area contributed by atoms with Gasteiger partial charge in [0.05, 0.1) is 0 Å². The molecule has 0 radical (unpaired) electrons. The first-order chi connectivity index (χ1) is 9.32. The lowest BCUT2D eigenvalue weighted by atomic mass is 9.84. The summed E-state index contributed by atoms with van der Waals surface area (Å²) in [7, 11) is 0. The second-order valence-electron chi connectivity index (χ2n) is 6.37. The molecule has 0 aromatic rings. The van der Waals surface area contributed by atoms with Crippen LogP contribution in [0.1, 0.15) is 72.6 Å². The molecule has 0 heterocycles. The van der Waals surface area contributed by atoms with Gasteiger partial charge in [0.1, 0.15) is 0 Å². The van der Waals surface area contributed by atoms with E-state index in [2.05, 4.69) is 33.0 Å². The van der Waals surface area contributed by atoms with E-state index in [0.29, 0.717) is 13.0 Å². The van der Waals surface area contributed by atoms with Gasteiger partial charge in [-0.1, -0.05) is 40.5 Å². The molecule has 0 aliphatic heterocycles. The van der Waals surface area contributed by atoms with Crippen LogP contribution in [0, 0.1) is 11.3 Å². The van der Waals surface area contributed by atoms with Crippen LogP contribution < -0.4 is 5.32 Å². The third-order valence-corrected chi connectivity index (χ3v) is 3.76. The van der Waals surface area contributed by atoms with Gasteiger partial charge in [-0.3, -0.25) is 9.59 Å². The van der Waals surface area contributed by atoms with Gasteiger partial charge in [-0.05, 0) is 31.1 Å². The summed E-state index contributed by atoms with van der Waals surface area (Å²) in [6.07, 6.45) is 5.60. The maximum atomic E-state index is 12.1. The number of hydrogen-bond acceptors (Lipinski definition) is 2. The van der Waals surface area contributed by atoms with Crippen LogP contribution in [0.3, 0.4) is 0 Å². The molecule has 0 atom stereocenters. The zero-order chi connectivity index (χ0) is 15.6. The number of aliphatic carboxylic acids is 1. The van der Waals surface area contributed by atoms with E-state index in [1.807, 2.05) is 0 Å². The molecule has 0 aromatic carbocycles. The number of carbonyl (C=O) groups is 2. The van der Waals surface area contributed by atoms with E-state index in [-0.39, 0.29) is 23.7 Å². The molecule has 118 valence electrons. The summed E-state index contributed by atoms with van der Waals surface area (Å²) in [5.74, 6) is -0.470. The zero-order valence-corrected chi connectivity index (χ0v) is 13.5. The highest BCUT2D eigenvalue weighted by molar-refractivity contribution is 5.78. The van der Waals surface area contributed by atoms with Crippen LogP contribution in [-0.4, -0.2) is 23.5 Å². The predicted octanol–water partition coefficient (Wildman–Crippen LogP) is 3.60. The number of carbonyl (C=O) groups excluding carboxylic acids is 1. The number of nitrogens with one attached hydrogen (secondary N) is 1. The van der Waals surface area contributed by atoms with Crippen molar-refractivity contribution < 1.29 is 14.7 Å². The van der Waals surface area contributed by atoms with Gasteiger partial charge < -0.3 is 10.4 Å². The monoisotopic (exact) mass is 285 g/mol. The van der Waals surface area contributed by atoms with Crippen molar-refractivity contribution >= 4 is 11.9 Å². The molecule has 4 heteroatoms. The van der Waals surface area contributed by atoms with Crippen molar-refractivity contribution in [1.29, 1.82) is 0 Å². The number of rotatable bonds is 11. The highest BCUT2D eigenvalue weighted by Crippen LogP contribution is 2.26. The molecule has 0 spiro atoms. The third kappa shape index (κ3) is 8.94. The first-order valence-electron chi connectivity index (χ1n) is 7.82. The van der Waals surface area contributed by atoms with Crippen molar-refractivity contribution in [2.24, 2.45) is 11.3 Å². The maximum absolute atomic E-state index is 12.1. The molecule has 0 saturated heterocycles. The Kier molecular flexibility index (Phi) is 9.26. The van der Waals surface area contributed by atoms with Gasteiger partial charge in [-0.2, -0.15) is 0 Å². The largest absolute Gasteiger partial charge is 0.481 e. The molecule has 2 N–H and O–H groups in total. The lowest BCUT2D eigenvalue weighted by Gasteiger charge is -2.24. The fourth-order valence-corrected chi connectivity index (χ4v) is 2.34. The lowest BCUT2D eigenvalue weighted by Crippen LogP contribution is -2.33. The Morgan fingerprint density at radius 1 is 1.10 bits per heavy atom. The average Bonchev–Trinajstić information content (AvgIpc) is 2.36. The highest BCUT2D eigenvalue weighted by Gasteiger charge is 2.21. The Hall–Kier alpha value is -1.06. The summed E-state index contributed by atoms with van der Waals surface area (Å²) in [6.45, 7) is 8.95. The maximum Gasteiger partial charge on any atom is 0.303 e. The zero-order valence-electron chi connectivity index (χ0n) is 13.5. The summed E-state index contributed by atoms with van der Waals surface area (Å²) in [5, 5.41) is 11.7. The second kappa shape index (κ2) is 9.78. The van der Waals surface area contributed by atoms with E-state index in [9.17, 15) is 9.59 Å². The topological polar surface area (TPSA) is 66.4 Å². The van der Waals surface area contributed by atoms with Crippen LogP contribution in [0.4, 0.5) is 0 Å². The van der Waals surface area contributed by atoms with Gasteiger partial charge >= 0.3 is 5.97 Å². The molecular weight excluding hydrogens is 254 g/mol. The lowest BCUT2D eigenvalue weighted by molar-refractivity contribution is -0.137.